The molecule has 0 heterocycles. The van der Waals surface area contributed by atoms with Gasteiger partial charge in [-0.05, 0) is 12.8 Å². The minimum Gasteiger partial charge on any atom is -1.00 e. The van der Waals surface area contributed by atoms with Crippen LogP contribution in [0.4, 0.5) is 0 Å². The molecule has 0 aliphatic carbocycles. The molecule has 0 amide bonds. The summed E-state index contributed by atoms with van der Waals surface area (Å²) in [6.45, 7) is 6.72. The van der Waals surface area contributed by atoms with E-state index < -0.39 is 7.60 Å². The van der Waals surface area contributed by atoms with Crippen molar-refractivity contribution < 1.29 is 42.1 Å². The zero-order chi connectivity index (χ0) is 28.9. The van der Waals surface area contributed by atoms with Crippen molar-refractivity contribution in [1.29, 1.82) is 0 Å². The Hall–Kier alpha value is 0.840. The maximum Gasteiger partial charge on any atom is 0.330 e. The van der Waals surface area contributed by atoms with E-state index >= 15 is 0 Å². The molecular formula is C34H73INO3P. The first-order valence-corrected chi connectivity index (χ1v) is 19.2. The van der Waals surface area contributed by atoms with Gasteiger partial charge in [0.2, 0.25) is 0 Å². The van der Waals surface area contributed by atoms with Gasteiger partial charge < -0.3 is 37.5 Å². The highest BCUT2D eigenvalue weighted by atomic mass is 127. The van der Waals surface area contributed by atoms with Gasteiger partial charge in [0, 0.05) is 6.42 Å². The summed E-state index contributed by atoms with van der Waals surface area (Å²) in [6, 6.07) is 0. The number of halogens is 1. The van der Waals surface area contributed by atoms with Gasteiger partial charge in [-0.25, -0.2) is 0 Å². The lowest BCUT2D eigenvalue weighted by Gasteiger charge is -2.25. The molecule has 40 heavy (non-hydrogen) atoms. The summed E-state index contributed by atoms with van der Waals surface area (Å²) in [5.41, 5.74) is 0. The van der Waals surface area contributed by atoms with Gasteiger partial charge in [0.25, 0.3) is 0 Å². The van der Waals surface area contributed by atoms with Crippen LogP contribution in [0, 0.1) is 0 Å². The van der Waals surface area contributed by atoms with Crippen molar-refractivity contribution in [3.05, 3.63) is 0 Å². The number of rotatable bonds is 32. The van der Waals surface area contributed by atoms with E-state index in [1.54, 1.807) is 0 Å². The van der Waals surface area contributed by atoms with Gasteiger partial charge in [0.05, 0.1) is 47.1 Å². The number of quaternary nitrogens is 1. The third-order valence-electron chi connectivity index (χ3n) is 7.83. The molecule has 0 aromatic heterocycles. The second-order valence-corrected chi connectivity index (χ2v) is 15.3. The largest absolute Gasteiger partial charge is 1.00 e. The van der Waals surface area contributed by atoms with Crippen molar-refractivity contribution in [3.63, 3.8) is 0 Å². The fraction of sp³-hybridized carbons (Fsp3) is 1.00. The molecule has 0 N–H and O–H groups in total. The lowest BCUT2D eigenvalue weighted by Crippen LogP contribution is -3.00. The average Bonchev–Trinajstić information content (AvgIpc) is 2.89. The first-order valence-electron chi connectivity index (χ1n) is 17.5. The van der Waals surface area contributed by atoms with Crippen LogP contribution >= 0.6 is 7.60 Å². The third-order valence-corrected chi connectivity index (χ3v) is 9.85. The van der Waals surface area contributed by atoms with Crippen LogP contribution in [-0.4, -0.2) is 51.5 Å². The van der Waals surface area contributed by atoms with Gasteiger partial charge >= 0.3 is 7.60 Å². The number of nitrogens with zero attached hydrogens (tertiary/aromatic N) is 1. The van der Waals surface area contributed by atoms with Crippen LogP contribution in [0.3, 0.4) is 0 Å². The fourth-order valence-corrected chi connectivity index (χ4v) is 6.87. The summed E-state index contributed by atoms with van der Waals surface area (Å²) in [5, 5.41) is 0. The second-order valence-electron chi connectivity index (χ2n) is 13.1. The Morgan fingerprint density at radius 3 is 1.00 bits per heavy atom. The highest BCUT2D eigenvalue weighted by Crippen LogP contribution is 2.49. The van der Waals surface area contributed by atoms with E-state index in [2.05, 4.69) is 35.0 Å². The van der Waals surface area contributed by atoms with E-state index in [1.807, 2.05) is 0 Å². The van der Waals surface area contributed by atoms with Gasteiger partial charge in [0.15, 0.2) is 0 Å². The topological polar surface area (TPSA) is 35.5 Å². The van der Waals surface area contributed by atoms with Crippen LogP contribution in [0.15, 0.2) is 0 Å². The van der Waals surface area contributed by atoms with Crippen LogP contribution in [-0.2, 0) is 13.6 Å². The lowest BCUT2D eigenvalue weighted by molar-refractivity contribution is -0.870. The Balaban J connectivity index is 0. The van der Waals surface area contributed by atoms with Gasteiger partial charge in [-0.2, -0.15) is 0 Å². The number of unbranched alkanes of at least 4 members (excludes halogenated alkanes) is 22. The molecule has 0 aliphatic rings. The Morgan fingerprint density at radius 2 is 0.725 bits per heavy atom. The van der Waals surface area contributed by atoms with E-state index in [9.17, 15) is 4.57 Å². The van der Waals surface area contributed by atoms with Crippen LogP contribution in [0.2, 0.25) is 0 Å². The van der Waals surface area contributed by atoms with E-state index in [0.717, 1.165) is 30.3 Å². The molecule has 0 unspecified atom stereocenters. The summed E-state index contributed by atoms with van der Waals surface area (Å²) in [7, 11) is 3.58. The molecule has 0 atom stereocenters. The van der Waals surface area contributed by atoms with Crippen molar-refractivity contribution in [1.82, 2.24) is 0 Å². The van der Waals surface area contributed by atoms with Gasteiger partial charge in [0.1, 0.15) is 0 Å². The van der Waals surface area contributed by atoms with Gasteiger partial charge in [-0.1, -0.05) is 155 Å². The fourth-order valence-electron chi connectivity index (χ4n) is 5.20. The normalized spacial score (nSPS) is 12.1. The third kappa shape index (κ3) is 33.3. The van der Waals surface area contributed by atoms with Crippen molar-refractivity contribution >= 4 is 7.60 Å². The smallest absolute Gasteiger partial charge is 0.330 e. The summed E-state index contributed by atoms with van der Waals surface area (Å²) >= 11 is 0. The Kier molecular flexibility index (Phi) is 33.6. The molecule has 0 spiro atoms. The van der Waals surface area contributed by atoms with Crippen molar-refractivity contribution in [2.45, 2.75) is 174 Å². The average molecular weight is 702 g/mol. The van der Waals surface area contributed by atoms with E-state index in [0.29, 0.717) is 19.4 Å². The highest BCUT2D eigenvalue weighted by molar-refractivity contribution is 7.53. The first-order chi connectivity index (χ1) is 18.8. The molecule has 0 aromatic rings. The van der Waals surface area contributed by atoms with Crippen molar-refractivity contribution in [3.8, 4) is 0 Å². The highest BCUT2D eigenvalue weighted by Gasteiger charge is 2.25. The van der Waals surface area contributed by atoms with E-state index in [1.165, 1.54) is 141 Å². The quantitative estimate of drug-likeness (QED) is 0.0305. The predicted molar refractivity (Wildman–Crippen MR) is 174 cm³/mol. The molecule has 0 fully saturated rings. The van der Waals surface area contributed by atoms with Crippen LogP contribution in [0.25, 0.3) is 0 Å². The number of hydrogen-bond acceptors (Lipinski definition) is 3. The zero-order valence-electron chi connectivity index (χ0n) is 28.0. The molecule has 0 saturated heterocycles. The minimum atomic E-state index is -2.98. The molecule has 244 valence electrons. The molecular weight excluding hydrogens is 628 g/mol. The zero-order valence-corrected chi connectivity index (χ0v) is 31.1. The van der Waals surface area contributed by atoms with Crippen LogP contribution < -0.4 is 24.0 Å². The summed E-state index contributed by atoms with van der Waals surface area (Å²) < 4.78 is 26.3. The summed E-state index contributed by atoms with van der Waals surface area (Å²) in [6.07, 6.45) is 33.2. The van der Waals surface area contributed by atoms with E-state index in [-0.39, 0.29) is 24.0 Å². The molecule has 0 aromatic carbocycles. The first kappa shape index (κ1) is 43.0. The second kappa shape index (κ2) is 31.3. The molecule has 0 rings (SSSR count). The maximum absolute atomic E-state index is 13.5. The van der Waals surface area contributed by atoms with Crippen molar-refractivity contribution in [2.75, 3.05) is 47.1 Å². The molecule has 0 radical (unpaired) electrons. The van der Waals surface area contributed by atoms with Gasteiger partial charge in [-0.15, -0.1) is 0 Å². The molecule has 6 heteroatoms. The lowest BCUT2D eigenvalue weighted by atomic mass is 10.1. The molecule has 0 bridgehead atoms. The van der Waals surface area contributed by atoms with Crippen LogP contribution in [0.5, 0.6) is 0 Å². The molecule has 0 saturated carbocycles. The molecule has 0 aliphatic heterocycles. The minimum absolute atomic E-state index is 0. The number of hydrogen-bond donors (Lipinski definition) is 0. The molecule has 4 nitrogen and oxygen atoms in total. The standard InChI is InChI=1S/C34H73NO3P.HI/c1-6-8-10-12-14-16-18-20-22-24-26-28-32-37-39(36,34-30-31-35(3,4)5)38-33-29-27-25-23-21-19-17-15-13-11-9-7-2;/h6-34H2,1-5H3;1H/q+1;/p-1. The van der Waals surface area contributed by atoms with Crippen LogP contribution in [0.1, 0.15) is 174 Å². The summed E-state index contributed by atoms with van der Waals surface area (Å²) in [5.74, 6) is 0. The Labute approximate surface area is 270 Å². The maximum atomic E-state index is 13.5. The summed E-state index contributed by atoms with van der Waals surface area (Å²) in [4.78, 5) is 0. The monoisotopic (exact) mass is 701 g/mol. The SMILES string of the molecule is CCCCCCCCCCCCCCOP(=O)(CCC[N+](C)(C)C)OCCCCCCCCCCCCCC.[I-]. The predicted octanol–water partition coefficient (Wildman–Crippen LogP) is 8.72. The van der Waals surface area contributed by atoms with E-state index in [4.69, 9.17) is 9.05 Å². The van der Waals surface area contributed by atoms with Crippen molar-refractivity contribution in [2.24, 2.45) is 0 Å². The Morgan fingerprint density at radius 1 is 0.450 bits per heavy atom. The Bertz CT molecular complexity index is 508. The van der Waals surface area contributed by atoms with Gasteiger partial charge in [-0.3, -0.25) is 4.57 Å².